The predicted molar refractivity (Wildman–Crippen MR) is 103 cm³/mol. The average molecular weight is 371 g/mol. The molecular formula is C20H25N3O4. The Bertz CT molecular complexity index is 853. The van der Waals surface area contributed by atoms with Crippen molar-refractivity contribution in [3.63, 3.8) is 0 Å². The molecule has 0 saturated carbocycles. The summed E-state index contributed by atoms with van der Waals surface area (Å²) in [5.41, 5.74) is 9.59. The van der Waals surface area contributed by atoms with Gasteiger partial charge in [0.25, 0.3) is 0 Å². The Morgan fingerprint density at radius 3 is 2.56 bits per heavy atom. The summed E-state index contributed by atoms with van der Waals surface area (Å²) in [5.74, 6) is 1.22. The topological polar surface area (TPSA) is 91.9 Å². The van der Waals surface area contributed by atoms with Crippen LogP contribution in [-0.4, -0.2) is 31.3 Å². The number of rotatable bonds is 5. The first kappa shape index (κ1) is 19.0. The second kappa shape index (κ2) is 7.85. The molecule has 3 rings (SSSR count). The van der Waals surface area contributed by atoms with E-state index in [0.29, 0.717) is 23.6 Å². The molecule has 144 valence electrons. The van der Waals surface area contributed by atoms with Crippen molar-refractivity contribution in [2.75, 3.05) is 19.5 Å². The maximum Gasteiger partial charge on any atom is 0.243 e. The first-order valence-electron chi connectivity index (χ1n) is 8.77. The molecule has 0 radical (unpaired) electrons. The third kappa shape index (κ3) is 3.99. The number of hydrogen-bond acceptors (Lipinski definition) is 6. The molecule has 1 saturated heterocycles. The summed E-state index contributed by atoms with van der Waals surface area (Å²) in [6.07, 6.45) is 0.514. The van der Waals surface area contributed by atoms with Gasteiger partial charge >= 0.3 is 0 Å². The standard InChI is InChI=1S/C20H25N3O4/c1-11-7-14(18(24)8-12(11)2)16-10-17(23-22-16)20(25)21-15-6-5-13(26-3)9-19(15)27-4/h5-9,16-17,22-24H,10H2,1-4H3,(H,21,25). The fourth-order valence-corrected chi connectivity index (χ4v) is 3.16. The molecular weight excluding hydrogens is 346 g/mol. The Morgan fingerprint density at radius 1 is 1.11 bits per heavy atom. The Labute approximate surface area is 158 Å². The first-order chi connectivity index (χ1) is 12.9. The lowest BCUT2D eigenvalue weighted by Gasteiger charge is -2.15. The van der Waals surface area contributed by atoms with Crippen LogP contribution in [0.25, 0.3) is 0 Å². The van der Waals surface area contributed by atoms with Gasteiger partial charge in [0, 0.05) is 11.6 Å². The number of carbonyl (C=O) groups is 1. The number of anilines is 1. The van der Waals surface area contributed by atoms with Crippen molar-refractivity contribution < 1.29 is 19.4 Å². The van der Waals surface area contributed by atoms with Gasteiger partial charge in [-0.1, -0.05) is 6.07 Å². The van der Waals surface area contributed by atoms with E-state index in [1.165, 1.54) is 0 Å². The van der Waals surface area contributed by atoms with Crippen molar-refractivity contribution >= 4 is 11.6 Å². The monoisotopic (exact) mass is 371 g/mol. The molecule has 1 aliphatic rings. The molecule has 1 fully saturated rings. The summed E-state index contributed by atoms with van der Waals surface area (Å²) < 4.78 is 10.5. The van der Waals surface area contributed by atoms with Crippen LogP contribution in [0.4, 0.5) is 5.69 Å². The predicted octanol–water partition coefficient (Wildman–Crippen LogP) is 2.57. The van der Waals surface area contributed by atoms with Gasteiger partial charge in [-0.05, 0) is 49.6 Å². The molecule has 1 heterocycles. The van der Waals surface area contributed by atoms with Gasteiger partial charge < -0.3 is 19.9 Å². The van der Waals surface area contributed by atoms with Gasteiger partial charge in [0.1, 0.15) is 23.3 Å². The second-order valence-electron chi connectivity index (χ2n) is 6.68. The number of amides is 1. The molecule has 2 unspecified atom stereocenters. The molecule has 4 N–H and O–H groups in total. The maximum atomic E-state index is 12.7. The van der Waals surface area contributed by atoms with Crippen molar-refractivity contribution in [3.8, 4) is 17.2 Å². The second-order valence-corrected chi connectivity index (χ2v) is 6.68. The van der Waals surface area contributed by atoms with E-state index < -0.39 is 6.04 Å². The number of carbonyl (C=O) groups excluding carboxylic acids is 1. The highest BCUT2D eigenvalue weighted by Gasteiger charge is 2.32. The number of methoxy groups -OCH3 is 2. The van der Waals surface area contributed by atoms with E-state index in [1.807, 2.05) is 19.9 Å². The number of aromatic hydroxyl groups is 1. The number of hydrogen-bond donors (Lipinski definition) is 4. The molecule has 1 amide bonds. The van der Waals surface area contributed by atoms with Gasteiger partial charge in [0.15, 0.2) is 0 Å². The van der Waals surface area contributed by atoms with Gasteiger partial charge in [0.05, 0.1) is 25.9 Å². The SMILES string of the molecule is COc1ccc(NC(=O)C2CC(c3cc(C)c(C)cc3O)NN2)c(OC)c1. The summed E-state index contributed by atoms with van der Waals surface area (Å²) in [7, 11) is 3.11. The number of nitrogens with one attached hydrogen (secondary N) is 3. The molecule has 27 heavy (non-hydrogen) atoms. The van der Waals surface area contributed by atoms with Crippen LogP contribution in [-0.2, 0) is 4.79 Å². The third-order valence-corrected chi connectivity index (χ3v) is 4.90. The van der Waals surface area contributed by atoms with Crippen molar-refractivity contribution in [3.05, 3.63) is 47.0 Å². The number of ether oxygens (including phenoxy) is 2. The van der Waals surface area contributed by atoms with Crippen molar-refractivity contribution in [2.24, 2.45) is 0 Å². The lowest BCUT2D eigenvalue weighted by molar-refractivity contribution is -0.117. The van der Waals surface area contributed by atoms with E-state index in [4.69, 9.17) is 9.47 Å². The molecule has 2 aromatic rings. The van der Waals surface area contributed by atoms with E-state index in [0.717, 1.165) is 16.7 Å². The quantitative estimate of drug-likeness (QED) is 0.646. The molecule has 2 atom stereocenters. The number of phenols is 1. The molecule has 7 heteroatoms. The van der Waals surface area contributed by atoms with Crippen molar-refractivity contribution in [2.45, 2.75) is 32.4 Å². The smallest absolute Gasteiger partial charge is 0.243 e. The van der Waals surface area contributed by atoms with Gasteiger partial charge in [-0.2, -0.15) is 0 Å². The van der Waals surface area contributed by atoms with Crippen LogP contribution < -0.4 is 25.6 Å². The zero-order valence-corrected chi connectivity index (χ0v) is 15.9. The Kier molecular flexibility index (Phi) is 5.53. The molecule has 0 spiro atoms. The highest BCUT2D eigenvalue weighted by molar-refractivity contribution is 5.96. The van der Waals surface area contributed by atoms with Crippen LogP contribution in [0.3, 0.4) is 0 Å². The number of hydrazine groups is 1. The summed E-state index contributed by atoms with van der Waals surface area (Å²) in [5, 5.41) is 13.1. The van der Waals surface area contributed by atoms with E-state index in [1.54, 1.807) is 38.5 Å². The summed E-state index contributed by atoms with van der Waals surface area (Å²) in [4.78, 5) is 12.7. The van der Waals surface area contributed by atoms with Crippen LogP contribution in [0, 0.1) is 13.8 Å². The minimum atomic E-state index is -0.442. The fraction of sp³-hybridized carbons (Fsp3) is 0.350. The Hall–Kier alpha value is -2.77. The minimum Gasteiger partial charge on any atom is -0.508 e. The highest BCUT2D eigenvalue weighted by Crippen LogP contribution is 2.33. The first-order valence-corrected chi connectivity index (χ1v) is 8.77. The van der Waals surface area contributed by atoms with E-state index in [9.17, 15) is 9.90 Å². The normalized spacial score (nSPS) is 19.0. The van der Waals surface area contributed by atoms with Crippen LogP contribution in [0.2, 0.25) is 0 Å². The van der Waals surface area contributed by atoms with Gasteiger partial charge in [-0.3, -0.25) is 4.79 Å². The van der Waals surface area contributed by atoms with Crippen molar-refractivity contribution in [1.29, 1.82) is 0 Å². The van der Waals surface area contributed by atoms with Crippen LogP contribution in [0.5, 0.6) is 17.2 Å². The zero-order valence-electron chi connectivity index (χ0n) is 15.9. The van der Waals surface area contributed by atoms with Gasteiger partial charge in [0.2, 0.25) is 5.91 Å². The molecule has 0 aromatic heterocycles. The van der Waals surface area contributed by atoms with Crippen molar-refractivity contribution in [1.82, 2.24) is 10.9 Å². The summed E-state index contributed by atoms with van der Waals surface area (Å²) in [6.45, 7) is 3.96. The van der Waals surface area contributed by atoms with Gasteiger partial charge in [-0.15, -0.1) is 0 Å². The molecule has 0 aliphatic carbocycles. The van der Waals surface area contributed by atoms with Gasteiger partial charge in [-0.25, -0.2) is 10.9 Å². The Morgan fingerprint density at radius 2 is 1.85 bits per heavy atom. The molecule has 7 nitrogen and oxygen atoms in total. The highest BCUT2D eigenvalue weighted by atomic mass is 16.5. The number of benzene rings is 2. The molecule has 1 aliphatic heterocycles. The largest absolute Gasteiger partial charge is 0.508 e. The van der Waals surface area contributed by atoms with Crippen LogP contribution in [0.1, 0.15) is 29.2 Å². The number of phenolic OH excluding ortho intramolecular Hbond substituents is 1. The Balaban J connectivity index is 1.70. The molecule has 2 aromatic carbocycles. The summed E-state index contributed by atoms with van der Waals surface area (Å²) >= 11 is 0. The lowest BCUT2D eigenvalue weighted by atomic mass is 9.97. The van der Waals surface area contributed by atoms with E-state index in [-0.39, 0.29) is 17.7 Å². The lowest BCUT2D eigenvalue weighted by Crippen LogP contribution is -2.39. The summed E-state index contributed by atoms with van der Waals surface area (Å²) in [6, 6.07) is 8.32. The number of aryl methyl sites for hydroxylation is 2. The third-order valence-electron chi connectivity index (χ3n) is 4.90. The minimum absolute atomic E-state index is 0.155. The van der Waals surface area contributed by atoms with Crippen LogP contribution >= 0.6 is 0 Å². The maximum absolute atomic E-state index is 12.7. The van der Waals surface area contributed by atoms with E-state index in [2.05, 4.69) is 16.2 Å². The van der Waals surface area contributed by atoms with Crippen LogP contribution in [0.15, 0.2) is 30.3 Å². The average Bonchev–Trinajstić information content (AvgIpc) is 3.15. The van der Waals surface area contributed by atoms with E-state index >= 15 is 0 Å². The zero-order chi connectivity index (χ0) is 19.6. The molecule has 0 bridgehead atoms. The fourth-order valence-electron chi connectivity index (χ4n) is 3.16.